The molecule has 3 nitrogen and oxygen atoms in total. The third-order valence-electron chi connectivity index (χ3n) is 4.05. The fourth-order valence-electron chi connectivity index (χ4n) is 3.17. The number of piperidine rings is 1. The minimum atomic E-state index is 0.624. The molecule has 3 rings (SSSR count). The van der Waals surface area contributed by atoms with Gasteiger partial charge < -0.3 is 9.88 Å². The predicted octanol–water partition coefficient (Wildman–Crippen LogP) is 3.09. The lowest BCUT2D eigenvalue weighted by Crippen LogP contribution is -2.31. The molecule has 1 N–H and O–H groups in total. The molecule has 0 atom stereocenters. The van der Waals surface area contributed by atoms with Gasteiger partial charge in [0, 0.05) is 13.1 Å². The second kappa shape index (κ2) is 4.74. The minimum Gasteiger partial charge on any atom is -0.358 e. The largest absolute Gasteiger partial charge is 0.358 e. The number of aromatic amines is 1. The van der Waals surface area contributed by atoms with Crippen LogP contribution in [0.4, 0.5) is 5.82 Å². The monoisotopic (exact) mass is 259 g/mol. The van der Waals surface area contributed by atoms with Gasteiger partial charge in [-0.25, -0.2) is 0 Å². The van der Waals surface area contributed by atoms with Gasteiger partial charge in [0.15, 0.2) is 0 Å². The Morgan fingerprint density at radius 3 is 2.50 bits per heavy atom. The molecule has 0 saturated carbocycles. The van der Waals surface area contributed by atoms with Crippen molar-refractivity contribution in [2.45, 2.75) is 38.5 Å². The first-order valence-electron chi connectivity index (χ1n) is 6.74. The van der Waals surface area contributed by atoms with Crippen LogP contribution in [0, 0.1) is 16.0 Å². The molecule has 1 saturated heterocycles. The van der Waals surface area contributed by atoms with Gasteiger partial charge in [0.25, 0.3) is 0 Å². The number of hydrogen-bond donors (Lipinski definition) is 1. The molecule has 4 heteroatoms. The minimum absolute atomic E-state index is 0.624. The normalized spacial score (nSPS) is 18.5. The van der Waals surface area contributed by atoms with E-state index >= 15 is 0 Å². The molecule has 0 spiro atoms. The zero-order valence-corrected chi connectivity index (χ0v) is 11.3. The molecule has 0 radical (unpaired) electrons. The summed E-state index contributed by atoms with van der Waals surface area (Å²) >= 11 is 5.34. The van der Waals surface area contributed by atoms with Crippen molar-refractivity contribution in [3.05, 3.63) is 21.3 Å². The fraction of sp³-hybridized carbons (Fsp3) is 0.571. The van der Waals surface area contributed by atoms with Gasteiger partial charge >= 0.3 is 0 Å². The van der Waals surface area contributed by atoms with Crippen LogP contribution in [0.2, 0.25) is 0 Å². The van der Waals surface area contributed by atoms with E-state index in [0.717, 1.165) is 32.4 Å². The standard InChI is InChI=1S/C14H17N3S/c15-9-12-10-5-4-6-11(10)13(16-14(12)18)17-7-2-1-3-8-17/h1-8H2,(H,16,18). The molecule has 1 aromatic heterocycles. The van der Waals surface area contributed by atoms with Gasteiger partial charge in [-0.3, -0.25) is 0 Å². The first-order valence-corrected chi connectivity index (χ1v) is 7.15. The van der Waals surface area contributed by atoms with Crippen LogP contribution in [0.1, 0.15) is 42.4 Å². The molecule has 1 aliphatic heterocycles. The topological polar surface area (TPSA) is 42.8 Å². The molecule has 0 aromatic carbocycles. The Balaban J connectivity index is 2.11. The molecule has 0 amide bonds. The van der Waals surface area contributed by atoms with Crippen molar-refractivity contribution in [1.29, 1.82) is 5.26 Å². The number of fused-ring (bicyclic) bond motifs is 1. The number of aromatic nitrogens is 1. The highest BCUT2D eigenvalue weighted by molar-refractivity contribution is 7.71. The van der Waals surface area contributed by atoms with Crippen LogP contribution in [-0.2, 0) is 12.8 Å². The second-order valence-corrected chi connectivity index (χ2v) is 5.56. The summed E-state index contributed by atoms with van der Waals surface area (Å²) in [4.78, 5) is 5.74. The van der Waals surface area contributed by atoms with Crippen molar-refractivity contribution in [1.82, 2.24) is 4.98 Å². The quantitative estimate of drug-likeness (QED) is 0.788. The molecule has 0 unspecified atom stereocenters. The number of nitrogens with zero attached hydrogens (tertiary/aromatic N) is 2. The summed E-state index contributed by atoms with van der Waals surface area (Å²) in [6.45, 7) is 2.23. The van der Waals surface area contributed by atoms with E-state index in [9.17, 15) is 5.26 Å². The van der Waals surface area contributed by atoms with Crippen molar-refractivity contribution in [3.63, 3.8) is 0 Å². The molecule has 18 heavy (non-hydrogen) atoms. The number of H-pyrrole nitrogens is 1. The molecule has 1 aromatic rings. The molecular formula is C14H17N3S. The molecule has 1 aliphatic carbocycles. The summed E-state index contributed by atoms with van der Waals surface area (Å²) < 4.78 is 0.624. The van der Waals surface area contributed by atoms with Crippen LogP contribution < -0.4 is 4.90 Å². The van der Waals surface area contributed by atoms with E-state index in [1.807, 2.05) is 0 Å². The third kappa shape index (κ3) is 1.83. The van der Waals surface area contributed by atoms with Gasteiger partial charge in [0.1, 0.15) is 16.5 Å². The fourth-order valence-corrected chi connectivity index (χ4v) is 3.43. The second-order valence-electron chi connectivity index (χ2n) is 5.15. The zero-order chi connectivity index (χ0) is 12.5. The average Bonchev–Trinajstić information content (AvgIpc) is 2.88. The Labute approximate surface area is 112 Å². The maximum absolute atomic E-state index is 9.23. The summed E-state index contributed by atoms with van der Waals surface area (Å²) in [5.74, 6) is 1.20. The van der Waals surface area contributed by atoms with Crippen molar-refractivity contribution < 1.29 is 0 Å². The highest BCUT2D eigenvalue weighted by atomic mass is 32.1. The Morgan fingerprint density at radius 1 is 1.06 bits per heavy atom. The first kappa shape index (κ1) is 11.7. The van der Waals surface area contributed by atoms with Crippen LogP contribution in [0.3, 0.4) is 0 Å². The van der Waals surface area contributed by atoms with Crippen LogP contribution in [0.25, 0.3) is 0 Å². The smallest absolute Gasteiger partial charge is 0.123 e. The number of rotatable bonds is 1. The van der Waals surface area contributed by atoms with Crippen molar-refractivity contribution in [2.75, 3.05) is 18.0 Å². The molecule has 0 bridgehead atoms. The van der Waals surface area contributed by atoms with Crippen LogP contribution in [-0.4, -0.2) is 18.1 Å². The van der Waals surface area contributed by atoms with E-state index in [1.165, 1.54) is 36.2 Å². The molecule has 2 aliphatic rings. The van der Waals surface area contributed by atoms with Crippen molar-refractivity contribution in [3.8, 4) is 6.07 Å². The van der Waals surface area contributed by atoms with E-state index < -0.39 is 0 Å². The van der Waals surface area contributed by atoms with Gasteiger partial charge in [0.05, 0.1) is 5.56 Å². The van der Waals surface area contributed by atoms with Gasteiger partial charge in [-0.15, -0.1) is 0 Å². The van der Waals surface area contributed by atoms with Crippen LogP contribution in [0.5, 0.6) is 0 Å². The lowest BCUT2D eigenvalue weighted by atomic mass is 10.0. The summed E-state index contributed by atoms with van der Waals surface area (Å²) in [5, 5.41) is 9.23. The van der Waals surface area contributed by atoms with Gasteiger partial charge in [-0.1, -0.05) is 12.2 Å². The van der Waals surface area contributed by atoms with E-state index in [4.69, 9.17) is 12.2 Å². The lowest BCUT2D eigenvalue weighted by molar-refractivity contribution is 0.571. The summed E-state index contributed by atoms with van der Waals surface area (Å²) in [6, 6.07) is 2.27. The SMILES string of the molecule is N#Cc1c2c(c(N3CCCCC3)[nH]c1=S)CCC2. The van der Waals surface area contributed by atoms with E-state index in [2.05, 4.69) is 16.0 Å². The Kier molecular flexibility index (Phi) is 3.09. The number of nitriles is 1. The van der Waals surface area contributed by atoms with E-state index in [-0.39, 0.29) is 0 Å². The average molecular weight is 259 g/mol. The van der Waals surface area contributed by atoms with Gasteiger partial charge in [-0.2, -0.15) is 5.26 Å². The van der Waals surface area contributed by atoms with Crippen LogP contribution in [0.15, 0.2) is 0 Å². The molecule has 1 fully saturated rings. The number of pyridine rings is 1. The lowest BCUT2D eigenvalue weighted by Gasteiger charge is -2.30. The third-order valence-corrected chi connectivity index (χ3v) is 4.35. The number of hydrogen-bond acceptors (Lipinski definition) is 3. The zero-order valence-electron chi connectivity index (χ0n) is 10.5. The maximum atomic E-state index is 9.23. The number of nitrogens with one attached hydrogen (secondary N) is 1. The Morgan fingerprint density at radius 2 is 1.78 bits per heavy atom. The Hall–Kier alpha value is -1.34. The van der Waals surface area contributed by atoms with Crippen molar-refractivity contribution >= 4 is 18.0 Å². The summed E-state index contributed by atoms with van der Waals surface area (Å²) in [6.07, 6.45) is 7.09. The Bertz CT molecular complexity index is 562. The van der Waals surface area contributed by atoms with E-state index in [0.29, 0.717) is 10.2 Å². The van der Waals surface area contributed by atoms with Crippen LogP contribution >= 0.6 is 12.2 Å². The summed E-state index contributed by atoms with van der Waals surface area (Å²) in [7, 11) is 0. The van der Waals surface area contributed by atoms with Gasteiger partial charge in [0.2, 0.25) is 0 Å². The highest BCUT2D eigenvalue weighted by Crippen LogP contribution is 2.33. The van der Waals surface area contributed by atoms with E-state index in [1.54, 1.807) is 0 Å². The molecule has 94 valence electrons. The predicted molar refractivity (Wildman–Crippen MR) is 74.4 cm³/mol. The highest BCUT2D eigenvalue weighted by Gasteiger charge is 2.24. The van der Waals surface area contributed by atoms with Gasteiger partial charge in [-0.05, 0) is 49.7 Å². The molecular weight excluding hydrogens is 242 g/mol. The van der Waals surface area contributed by atoms with Crippen molar-refractivity contribution in [2.24, 2.45) is 0 Å². The molecule has 2 heterocycles. The number of anilines is 1. The maximum Gasteiger partial charge on any atom is 0.123 e. The summed E-state index contributed by atoms with van der Waals surface area (Å²) in [5.41, 5.74) is 3.27. The first-order chi connectivity index (χ1) is 8.81.